The lowest BCUT2D eigenvalue weighted by Gasteiger charge is -2.28. The number of carbonyl (C=O) groups is 2. The van der Waals surface area contributed by atoms with Crippen LogP contribution >= 0.6 is 11.6 Å². The van der Waals surface area contributed by atoms with Gasteiger partial charge >= 0.3 is 6.03 Å². The lowest BCUT2D eigenvalue weighted by Crippen LogP contribution is -2.46. The number of allylic oxidation sites excluding steroid dienone is 1. The fourth-order valence-electron chi connectivity index (χ4n) is 1.60. The molecule has 6 nitrogen and oxygen atoms in total. The van der Waals surface area contributed by atoms with Gasteiger partial charge in [-0.1, -0.05) is 0 Å². The number of urea groups is 1. The monoisotopic (exact) mass is 247 g/mol. The first-order chi connectivity index (χ1) is 7.45. The maximum atomic E-state index is 11.5. The van der Waals surface area contributed by atoms with Crippen molar-refractivity contribution in [3.63, 3.8) is 0 Å². The predicted molar refractivity (Wildman–Crippen MR) is 58.5 cm³/mol. The fourth-order valence-corrected chi connectivity index (χ4v) is 1.94. The summed E-state index contributed by atoms with van der Waals surface area (Å²) in [4.78, 5) is 22.1. The number of nitrogens with one attached hydrogen (secondary N) is 1. The summed E-state index contributed by atoms with van der Waals surface area (Å²) in [7, 11) is 1.49. The van der Waals surface area contributed by atoms with Crippen LogP contribution in [0, 0.1) is 5.92 Å². The molecule has 1 rings (SSSR count). The largest absolute Gasteiger partial charge is 0.500 e. The molecule has 1 aliphatic rings. The van der Waals surface area contributed by atoms with Crippen LogP contribution in [0.1, 0.15) is 6.42 Å². The molecule has 0 radical (unpaired) electrons. The number of nitrogens with two attached hydrogens (primary N) is 2. The molecular formula is C9H14ClN3O3. The van der Waals surface area contributed by atoms with E-state index in [-0.39, 0.29) is 0 Å². The summed E-state index contributed by atoms with van der Waals surface area (Å²) in [6, 6.07) is -1.30. The molecule has 0 aromatic heterocycles. The first-order valence-electron chi connectivity index (χ1n) is 4.71. The van der Waals surface area contributed by atoms with Gasteiger partial charge in [0.1, 0.15) is 5.76 Å². The molecule has 16 heavy (non-hydrogen) atoms. The molecule has 0 fully saturated rings. The highest BCUT2D eigenvalue weighted by Crippen LogP contribution is 2.27. The number of hydrogen-bond acceptors (Lipinski definition) is 4. The van der Waals surface area contributed by atoms with E-state index in [9.17, 15) is 9.59 Å². The minimum absolute atomic E-state index is 0.312. The van der Waals surface area contributed by atoms with Gasteiger partial charge in [-0.05, 0) is 12.5 Å². The van der Waals surface area contributed by atoms with E-state index in [2.05, 4.69) is 0 Å². The molecule has 0 bridgehead atoms. The van der Waals surface area contributed by atoms with Crippen LogP contribution in [0.5, 0.6) is 0 Å². The van der Waals surface area contributed by atoms with E-state index in [1.165, 1.54) is 7.11 Å². The summed E-state index contributed by atoms with van der Waals surface area (Å²) in [6.07, 6.45) is 1.88. The summed E-state index contributed by atoms with van der Waals surface area (Å²) in [5, 5.41) is 1.43. The number of ether oxygens (including phenoxy) is 1. The minimum atomic E-state index is -0.899. The number of imide groups is 1. The molecule has 0 spiro atoms. The summed E-state index contributed by atoms with van der Waals surface area (Å²) >= 11 is 5.97. The first kappa shape index (κ1) is 12.8. The highest BCUT2D eigenvalue weighted by molar-refractivity contribution is 6.23. The zero-order valence-corrected chi connectivity index (χ0v) is 9.53. The molecule has 5 N–H and O–H groups in total. The van der Waals surface area contributed by atoms with Gasteiger partial charge in [0.15, 0.2) is 0 Å². The first-order valence-corrected chi connectivity index (χ1v) is 5.15. The van der Waals surface area contributed by atoms with Crippen LogP contribution in [0.2, 0.25) is 0 Å². The van der Waals surface area contributed by atoms with E-state index >= 15 is 0 Å². The van der Waals surface area contributed by atoms with Crippen molar-refractivity contribution in [1.29, 1.82) is 0 Å². The summed E-state index contributed by atoms with van der Waals surface area (Å²) in [5.41, 5.74) is 10.6. The van der Waals surface area contributed by atoms with E-state index in [0.29, 0.717) is 12.2 Å². The summed E-state index contributed by atoms with van der Waals surface area (Å²) in [5.74, 6) is -0.555. The molecular weight excluding hydrogens is 234 g/mol. The molecule has 0 heterocycles. The quantitative estimate of drug-likeness (QED) is 0.581. The molecule has 0 aliphatic heterocycles. The molecule has 3 amide bonds. The molecule has 0 aromatic rings. The number of amides is 3. The smallest absolute Gasteiger partial charge is 0.318 e. The second-order valence-electron chi connectivity index (χ2n) is 3.52. The van der Waals surface area contributed by atoms with Gasteiger partial charge in [0.25, 0.3) is 0 Å². The average molecular weight is 248 g/mol. The Morgan fingerprint density at radius 1 is 1.62 bits per heavy atom. The lowest BCUT2D eigenvalue weighted by molar-refractivity contribution is -0.124. The zero-order valence-electron chi connectivity index (χ0n) is 8.77. The van der Waals surface area contributed by atoms with Crippen molar-refractivity contribution < 1.29 is 14.3 Å². The van der Waals surface area contributed by atoms with Gasteiger partial charge in [0, 0.05) is 0 Å². The Labute approximate surface area is 97.9 Å². The number of primary amides is 1. The van der Waals surface area contributed by atoms with E-state index in [1.54, 1.807) is 6.08 Å². The third-order valence-electron chi connectivity index (χ3n) is 2.40. The molecule has 90 valence electrons. The van der Waals surface area contributed by atoms with Crippen LogP contribution in [-0.2, 0) is 9.53 Å². The topological polar surface area (TPSA) is 107 Å². The highest BCUT2D eigenvalue weighted by Gasteiger charge is 2.34. The highest BCUT2D eigenvalue weighted by atomic mass is 35.5. The van der Waals surface area contributed by atoms with Gasteiger partial charge in [-0.25, -0.2) is 4.79 Å². The van der Waals surface area contributed by atoms with Crippen molar-refractivity contribution in [3.05, 3.63) is 11.8 Å². The molecule has 0 saturated carbocycles. The molecule has 7 heteroatoms. The Kier molecular flexibility index (Phi) is 4.14. The normalized spacial score (nSPS) is 29.2. The van der Waals surface area contributed by atoms with Crippen LogP contribution in [0.25, 0.3) is 0 Å². The van der Waals surface area contributed by atoms with Gasteiger partial charge in [0.05, 0.1) is 24.4 Å². The average Bonchev–Trinajstić information content (AvgIpc) is 2.19. The predicted octanol–water partition coefficient (Wildman–Crippen LogP) is -0.334. The molecule has 1 unspecified atom stereocenters. The third-order valence-corrected chi connectivity index (χ3v) is 2.83. The minimum Gasteiger partial charge on any atom is -0.500 e. The van der Waals surface area contributed by atoms with E-state index in [1.807, 2.05) is 5.32 Å². The second kappa shape index (κ2) is 5.18. The third kappa shape index (κ3) is 2.86. The molecule has 3 atom stereocenters. The van der Waals surface area contributed by atoms with Crippen molar-refractivity contribution in [2.45, 2.75) is 17.8 Å². The van der Waals surface area contributed by atoms with Crippen molar-refractivity contribution in [2.75, 3.05) is 7.11 Å². The van der Waals surface area contributed by atoms with Crippen molar-refractivity contribution in [1.82, 2.24) is 5.32 Å². The SMILES string of the molecule is COC1=C[C@@H](Cl)C(C(=O)NC(N)=O)C[C@H]1N. The number of halogens is 1. The van der Waals surface area contributed by atoms with E-state index in [0.717, 1.165) is 0 Å². The molecule has 0 saturated heterocycles. The Bertz CT molecular complexity index is 332. The maximum absolute atomic E-state index is 11.5. The van der Waals surface area contributed by atoms with Crippen LogP contribution in [0.4, 0.5) is 4.79 Å². The Morgan fingerprint density at radius 2 is 2.25 bits per heavy atom. The van der Waals surface area contributed by atoms with Crippen molar-refractivity contribution in [3.8, 4) is 0 Å². The Balaban J connectivity index is 2.74. The Hall–Kier alpha value is -1.27. The van der Waals surface area contributed by atoms with Gasteiger partial charge in [-0.3, -0.25) is 10.1 Å². The number of carbonyl (C=O) groups excluding carboxylic acids is 2. The number of rotatable bonds is 2. The van der Waals surface area contributed by atoms with Crippen LogP contribution in [0.15, 0.2) is 11.8 Å². The Morgan fingerprint density at radius 3 is 2.75 bits per heavy atom. The van der Waals surface area contributed by atoms with Crippen molar-refractivity contribution in [2.24, 2.45) is 17.4 Å². The lowest BCUT2D eigenvalue weighted by atomic mass is 9.89. The fraction of sp³-hybridized carbons (Fsp3) is 0.556. The van der Waals surface area contributed by atoms with E-state index < -0.39 is 29.3 Å². The number of alkyl halides is 1. The second-order valence-corrected chi connectivity index (χ2v) is 4.02. The zero-order chi connectivity index (χ0) is 12.3. The van der Waals surface area contributed by atoms with Gasteiger partial charge in [-0.15, -0.1) is 11.6 Å². The van der Waals surface area contributed by atoms with Crippen LogP contribution < -0.4 is 16.8 Å². The van der Waals surface area contributed by atoms with Gasteiger partial charge in [-0.2, -0.15) is 0 Å². The van der Waals surface area contributed by atoms with Gasteiger partial charge < -0.3 is 16.2 Å². The number of methoxy groups -OCH3 is 1. The van der Waals surface area contributed by atoms with Gasteiger partial charge in [0.2, 0.25) is 5.91 Å². The number of hydrogen-bond donors (Lipinski definition) is 3. The summed E-state index contributed by atoms with van der Waals surface area (Å²) < 4.78 is 5.01. The van der Waals surface area contributed by atoms with Crippen LogP contribution in [-0.4, -0.2) is 30.5 Å². The maximum Gasteiger partial charge on any atom is 0.318 e. The van der Waals surface area contributed by atoms with Crippen molar-refractivity contribution >= 4 is 23.5 Å². The summed E-state index contributed by atoms with van der Waals surface area (Å²) in [6.45, 7) is 0. The molecule has 0 aromatic carbocycles. The van der Waals surface area contributed by atoms with E-state index in [4.69, 9.17) is 27.8 Å². The molecule has 1 aliphatic carbocycles. The van der Waals surface area contributed by atoms with Crippen LogP contribution in [0.3, 0.4) is 0 Å². The standard InChI is InChI=1S/C9H14ClN3O3/c1-16-7-3-5(10)4(2-6(7)11)8(14)13-9(12)15/h3-6H,2,11H2,1H3,(H3,12,13,14,15)/t4?,5-,6-/m1/s1.